The molecule has 2 rings (SSSR count). The first kappa shape index (κ1) is 13.8. The normalized spacial score (nSPS) is 27.8. The highest BCUT2D eigenvalue weighted by Crippen LogP contribution is 2.35. The van der Waals surface area contributed by atoms with Gasteiger partial charge in [-0.25, -0.2) is 8.42 Å². The highest BCUT2D eigenvalue weighted by Gasteiger charge is 2.46. The van der Waals surface area contributed by atoms with Crippen molar-refractivity contribution in [3.8, 4) is 0 Å². The molecule has 0 aromatic heterocycles. The average Bonchev–Trinajstić information content (AvgIpc) is 3.08. The molecule has 18 heavy (non-hydrogen) atoms. The van der Waals surface area contributed by atoms with Crippen LogP contribution in [0.1, 0.15) is 32.1 Å². The Kier molecular flexibility index (Phi) is 3.66. The highest BCUT2D eigenvalue weighted by atomic mass is 32.2. The molecule has 1 unspecified atom stereocenters. The van der Waals surface area contributed by atoms with Crippen molar-refractivity contribution in [2.24, 2.45) is 0 Å². The van der Waals surface area contributed by atoms with Crippen molar-refractivity contribution in [1.29, 1.82) is 0 Å². The van der Waals surface area contributed by atoms with Crippen molar-refractivity contribution in [3.63, 3.8) is 0 Å². The second-order valence-corrected chi connectivity index (χ2v) is 7.25. The number of rotatable bonds is 4. The lowest BCUT2D eigenvalue weighted by molar-refractivity contribution is -0.127. The van der Waals surface area contributed by atoms with Gasteiger partial charge < -0.3 is 10.4 Å². The Morgan fingerprint density at radius 3 is 2.61 bits per heavy atom. The van der Waals surface area contributed by atoms with Crippen molar-refractivity contribution >= 4 is 15.9 Å². The van der Waals surface area contributed by atoms with E-state index in [-0.39, 0.29) is 12.5 Å². The summed E-state index contributed by atoms with van der Waals surface area (Å²) in [5.74, 6) is -0.272. The maximum Gasteiger partial charge on any atom is 0.238 e. The van der Waals surface area contributed by atoms with Crippen LogP contribution in [-0.4, -0.2) is 54.7 Å². The van der Waals surface area contributed by atoms with E-state index >= 15 is 0 Å². The summed E-state index contributed by atoms with van der Waals surface area (Å²) in [5, 5.41) is 12.0. The number of hydrogen-bond donors (Lipinski definition) is 2. The van der Waals surface area contributed by atoms with Crippen LogP contribution in [0.25, 0.3) is 0 Å². The Bertz CT molecular complexity index is 430. The van der Waals surface area contributed by atoms with Crippen LogP contribution < -0.4 is 5.32 Å². The number of sulfonamides is 1. The van der Waals surface area contributed by atoms with Crippen LogP contribution in [0.15, 0.2) is 0 Å². The predicted octanol–water partition coefficient (Wildman–Crippen LogP) is -0.558. The molecule has 1 heterocycles. The number of aliphatic hydroxyl groups excluding tert-OH is 1. The fourth-order valence-corrected chi connectivity index (χ4v) is 3.51. The van der Waals surface area contributed by atoms with E-state index in [0.717, 1.165) is 31.9 Å². The van der Waals surface area contributed by atoms with Gasteiger partial charge in [-0.15, -0.1) is 0 Å². The molecule has 1 saturated carbocycles. The zero-order valence-corrected chi connectivity index (χ0v) is 11.4. The summed E-state index contributed by atoms with van der Waals surface area (Å²) in [7, 11) is -3.35. The maximum atomic E-state index is 12.1. The molecule has 6 nitrogen and oxygen atoms in total. The van der Waals surface area contributed by atoms with Crippen LogP contribution >= 0.6 is 0 Å². The molecular formula is C11H20N2O4S. The number of nitrogens with zero attached hydrogens (tertiary/aromatic N) is 1. The number of nitrogens with one attached hydrogen (secondary N) is 1. The third-order valence-electron chi connectivity index (χ3n) is 3.73. The molecule has 1 aliphatic carbocycles. The van der Waals surface area contributed by atoms with E-state index in [2.05, 4.69) is 5.32 Å². The van der Waals surface area contributed by atoms with E-state index < -0.39 is 21.6 Å². The van der Waals surface area contributed by atoms with Gasteiger partial charge in [-0.1, -0.05) is 6.42 Å². The molecule has 0 aromatic carbocycles. The first-order valence-corrected chi connectivity index (χ1v) is 8.12. The lowest BCUT2D eigenvalue weighted by Gasteiger charge is -2.33. The van der Waals surface area contributed by atoms with Gasteiger partial charge in [-0.05, 0) is 25.7 Å². The Morgan fingerprint density at radius 2 is 2.11 bits per heavy atom. The van der Waals surface area contributed by atoms with Gasteiger partial charge in [0.25, 0.3) is 0 Å². The fourth-order valence-electron chi connectivity index (χ4n) is 2.38. The van der Waals surface area contributed by atoms with Crippen molar-refractivity contribution < 1.29 is 18.3 Å². The van der Waals surface area contributed by atoms with Crippen LogP contribution in [0, 0.1) is 0 Å². The standard InChI is InChI=1S/C11H20N2O4S/c1-18(16,17)13-7-3-2-4-9(13)10(15)12-11(8-14)5-6-11/h9,14H,2-8H2,1H3,(H,12,15). The summed E-state index contributed by atoms with van der Waals surface area (Å²) >= 11 is 0. The Balaban J connectivity index is 2.07. The third kappa shape index (κ3) is 2.84. The highest BCUT2D eigenvalue weighted by molar-refractivity contribution is 7.88. The second-order valence-electron chi connectivity index (χ2n) is 5.31. The largest absolute Gasteiger partial charge is 0.394 e. The van der Waals surface area contributed by atoms with Gasteiger partial charge in [0.05, 0.1) is 18.4 Å². The Hall–Kier alpha value is -0.660. The topological polar surface area (TPSA) is 86.7 Å². The molecule has 7 heteroatoms. The molecule has 104 valence electrons. The molecule has 1 atom stereocenters. The molecule has 0 radical (unpaired) electrons. The first-order chi connectivity index (χ1) is 8.38. The van der Waals surface area contributed by atoms with Crippen LogP contribution in [-0.2, 0) is 14.8 Å². The minimum absolute atomic E-state index is 0.0790. The zero-order chi connectivity index (χ0) is 13.4. The van der Waals surface area contributed by atoms with Crippen molar-refractivity contribution in [1.82, 2.24) is 9.62 Å². The van der Waals surface area contributed by atoms with Crippen molar-refractivity contribution in [2.75, 3.05) is 19.4 Å². The Morgan fingerprint density at radius 1 is 1.44 bits per heavy atom. The van der Waals surface area contributed by atoms with E-state index in [1.807, 2.05) is 0 Å². The number of amides is 1. The van der Waals surface area contributed by atoms with E-state index in [1.54, 1.807) is 0 Å². The first-order valence-electron chi connectivity index (χ1n) is 6.28. The minimum Gasteiger partial charge on any atom is -0.394 e. The number of carbonyl (C=O) groups is 1. The number of hydrogen-bond acceptors (Lipinski definition) is 4. The summed E-state index contributed by atoms with van der Waals surface area (Å²) in [6.45, 7) is 0.327. The molecule has 1 amide bonds. The SMILES string of the molecule is CS(=O)(=O)N1CCCCC1C(=O)NC1(CO)CC1. The van der Waals surface area contributed by atoms with Crippen LogP contribution in [0.3, 0.4) is 0 Å². The van der Waals surface area contributed by atoms with Gasteiger partial charge in [0.1, 0.15) is 6.04 Å². The van der Waals surface area contributed by atoms with Crippen LogP contribution in [0.5, 0.6) is 0 Å². The summed E-state index contributed by atoms with van der Waals surface area (Å²) in [6, 6.07) is -0.613. The molecule has 0 aromatic rings. The van der Waals surface area contributed by atoms with Crippen LogP contribution in [0.4, 0.5) is 0 Å². The molecule has 0 spiro atoms. The molecular weight excluding hydrogens is 256 g/mol. The number of carbonyl (C=O) groups excluding carboxylic acids is 1. The van der Waals surface area contributed by atoms with Gasteiger partial charge in [-0.3, -0.25) is 4.79 Å². The number of aliphatic hydroxyl groups is 1. The van der Waals surface area contributed by atoms with Gasteiger partial charge >= 0.3 is 0 Å². The van der Waals surface area contributed by atoms with Crippen molar-refractivity contribution in [2.45, 2.75) is 43.7 Å². The molecule has 1 saturated heterocycles. The molecule has 2 aliphatic rings. The van der Waals surface area contributed by atoms with Gasteiger partial charge in [0, 0.05) is 6.54 Å². The Labute approximate surface area is 107 Å². The smallest absolute Gasteiger partial charge is 0.238 e. The summed E-state index contributed by atoms with van der Waals surface area (Å²) in [6.07, 6.45) is 4.87. The molecule has 0 bridgehead atoms. The molecule has 2 N–H and O–H groups in total. The van der Waals surface area contributed by atoms with E-state index in [4.69, 9.17) is 0 Å². The summed E-state index contributed by atoms with van der Waals surface area (Å²) in [5.41, 5.74) is -0.488. The second kappa shape index (κ2) is 4.79. The van der Waals surface area contributed by atoms with Gasteiger partial charge in [-0.2, -0.15) is 4.31 Å². The summed E-state index contributed by atoms with van der Waals surface area (Å²) in [4.78, 5) is 12.1. The lowest BCUT2D eigenvalue weighted by Crippen LogP contribution is -2.54. The lowest BCUT2D eigenvalue weighted by atomic mass is 10.0. The molecule has 1 aliphatic heterocycles. The number of piperidine rings is 1. The quantitative estimate of drug-likeness (QED) is 0.721. The van der Waals surface area contributed by atoms with E-state index in [9.17, 15) is 18.3 Å². The monoisotopic (exact) mass is 276 g/mol. The van der Waals surface area contributed by atoms with E-state index in [0.29, 0.717) is 13.0 Å². The molecule has 2 fully saturated rings. The maximum absolute atomic E-state index is 12.1. The minimum atomic E-state index is -3.35. The third-order valence-corrected chi connectivity index (χ3v) is 5.02. The van der Waals surface area contributed by atoms with E-state index in [1.165, 1.54) is 4.31 Å². The summed E-state index contributed by atoms with van der Waals surface area (Å²) < 4.78 is 24.6. The fraction of sp³-hybridized carbons (Fsp3) is 0.909. The zero-order valence-electron chi connectivity index (χ0n) is 10.6. The van der Waals surface area contributed by atoms with Crippen molar-refractivity contribution in [3.05, 3.63) is 0 Å². The van der Waals surface area contributed by atoms with Gasteiger partial charge in [0.15, 0.2) is 0 Å². The van der Waals surface area contributed by atoms with Gasteiger partial charge in [0.2, 0.25) is 15.9 Å². The predicted molar refractivity (Wildman–Crippen MR) is 66.4 cm³/mol. The average molecular weight is 276 g/mol. The van der Waals surface area contributed by atoms with Crippen LogP contribution in [0.2, 0.25) is 0 Å².